The van der Waals surface area contributed by atoms with Gasteiger partial charge in [0.2, 0.25) is 11.2 Å². The van der Waals surface area contributed by atoms with Crippen LogP contribution in [0.1, 0.15) is 185 Å². The van der Waals surface area contributed by atoms with Gasteiger partial charge in [0.05, 0.1) is 23.4 Å². The van der Waals surface area contributed by atoms with Gasteiger partial charge >= 0.3 is 48.8 Å². The lowest BCUT2D eigenvalue weighted by Gasteiger charge is -2.45. The number of hydrogen-bond donors (Lipinski definition) is 3. The molecular weight excluding hydrogens is 1080 g/mol. The third-order valence-corrected chi connectivity index (χ3v) is 16.8. The number of carbonyl (C=O) groups excluding carboxylic acids is 3. The molecule has 3 N–H and O–H groups in total. The third kappa shape index (κ3) is 17.2. The van der Waals surface area contributed by atoms with Crippen molar-refractivity contribution in [2.45, 2.75) is 233 Å². The molecule has 0 aliphatic heterocycles. The molecule has 456 valence electrons. The monoisotopic (exact) mass is 1160 g/mol. The lowest BCUT2D eigenvalue weighted by molar-refractivity contribution is -0.295. The Morgan fingerprint density at radius 1 is 0.487 bits per heavy atom. The Balaban J connectivity index is 0.000000557. The van der Waals surface area contributed by atoms with Crippen LogP contribution >= 0.6 is 0 Å². The van der Waals surface area contributed by atoms with Gasteiger partial charge in [-0.25, -0.2) is 0 Å². The summed E-state index contributed by atoms with van der Waals surface area (Å²) in [5, 5.41) is 28.8. The van der Waals surface area contributed by atoms with Gasteiger partial charge in [-0.1, -0.05) is 51.5 Å². The molecular formula is C54H81F15O9. The Bertz CT molecular complexity index is 2100. The predicted octanol–water partition coefficient (Wildman–Crippen LogP) is 15.3. The molecule has 3 aliphatic rings. The van der Waals surface area contributed by atoms with E-state index in [-0.39, 0.29) is 62.2 Å². The van der Waals surface area contributed by atoms with Crippen molar-refractivity contribution in [2.75, 3.05) is 7.11 Å². The summed E-state index contributed by atoms with van der Waals surface area (Å²) in [5.41, 5.74) is -18.3. The summed E-state index contributed by atoms with van der Waals surface area (Å²) >= 11 is 0. The second-order valence-electron chi connectivity index (χ2n) is 23.9. The summed E-state index contributed by atoms with van der Waals surface area (Å²) in [6, 6.07) is 2.97. The fourth-order valence-corrected chi connectivity index (χ4v) is 8.98. The first kappa shape index (κ1) is 72.5. The molecule has 24 heteroatoms. The normalized spacial score (nSPS) is 24.3. The van der Waals surface area contributed by atoms with Crippen LogP contribution < -0.4 is 0 Å². The second kappa shape index (κ2) is 25.3. The molecule has 3 saturated carbocycles. The van der Waals surface area contributed by atoms with E-state index >= 15 is 0 Å². The molecule has 0 amide bonds. The summed E-state index contributed by atoms with van der Waals surface area (Å²) in [4.78, 5) is 35.3. The van der Waals surface area contributed by atoms with Gasteiger partial charge in [-0.05, 0) is 176 Å². The Labute approximate surface area is 448 Å². The van der Waals surface area contributed by atoms with Gasteiger partial charge in [-0.15, -0.1) is 0 Å². The fraction of sp³-hybridized carbons (Fsp3) is 0.833. The zero-order valence-electron chi connectivity index (χ0n) is 47.1. The largest absolute Gasteiger partial charge is 0.469 e. The third-order valence-electron chi connectivity index (χ3n) is 16.8. The molecule has 8 atom stereocenters. The van der Waals surface area contributed by atoms with Crippen LogP contribution in [0.15, 0.2) is 24.3 Å². The fourth-order valence-electron chi connectivity index (χ4n) is 8.98. The molecule has 1 aromatic carbocycles. The highest BCUT2D eigenvalue weighted by atomic mass is 19.4. The van der Waals surface area contributed by atoms with Crippen molar-refractivity contribution < 1.29 is 110 Å². The molecule has 1 aromatic rings. The lowest BCUT2D eigenvalue weighted by Crippen LogP contribution is -2.56. The van der Waals surface area contributed by atoms with E-state index in [0.29, 0.717) is 32.6 Å². The smallest absolute Gasteiger partial charge is 0.432 e. The van der Waals surface area contributed by atoms with Crippen LogP contribution in [0.2, 0.25) is 0 Å². The first-order chi connectivity index (χ1) is 34.6. The molecule has 3 fully saturated rings. The maximum atomic E-state index is 13.8. The summed E-state index contributed by atoms with van der Waals surface area (Å²) < 4.78 is 212. The van der Waals surface area contributed by atoms with E-state index < -0.39 is 105 Å². The summed E-state index contributed by atoms with van der Waals surface area (Å²) in [7, 11) is 1.42. The molecule has 8 unspecified atom stereocenters. The molecule has 9 nitrogen and oxygen atoms in total. The van der Waals surface area contributed by atoms with Crippen molar-refractivity contribution in [1.29, 1.82) is 0 Å². The van der Waals surface area contributed by atoms with Gasteiger partial charge < -0.3 is 29.5 Å². The van der Waals surface area contributed by atoms with E-state index in [1.165, 1.54) is 41.2 Å². The topological polar surface area (TPSA) is 140 Å². The maximum absolute atomic E-state index is 13.8. The number of alkyl halides is 15. The molecule has 0 spiro atoms. The van der Waals surface area contributed by atoms with Crippen LogP contribution in [0.3, 0.4) is 0 Å². The molecule has 0 radical (unpaired) electrons. The van der Waals surface area contributed by atoms with Crippen molar-refractivity contribution in [3.63, 3.8) is 0 Å². The SMILES string of the molecule is CC(O)(CC1CC2CCC1C2)C(F)(F)F.CCC(C)(C)C(=O)OC.CCC(C)(C)C(=O)OC(C)(C1CCC(C(C)(O)C(F)(F)F)CC1)C(F)(F)F.CCC(C)(C)C(=O)OC(C)(c1ccc(C(C)(O)C(F)(F)F)cc1)C(F)(F)F. The molecule has 2 bridgehead atoms. The van der Waals surface area contributed by atoms with Gasteiger partial charge in [0, 0.05) is 11.5 Å². The number of rotatable bonds is 14. The minimum absolute atomic E-state index is 0.0837. The van der Waals surface area contributed by atoms with Crippen molar-refractivity contribution >= 4 is 17.9 Å². The summed E-state index contributed by atoms with van der Waals surface area (Å²) in [6.07, 6.45) is -19.8. The van der Waals surface area contributed by atoms with Crippen LogP contribution in [0.25, 0.3) is 0 Å². The highest BCUT2D eigenvalue weighted by Gasteiger charge is 2.63. The highest BCUT2D eigenvalue weighted by Crippen LogP contribution is 2.54. The van der Waals surface area contributed by atoms with Crippen LogP contribution in [0.5, 0.6) is 0 Å². The Hall–Kier alpha value is -3.54. The van der Waals surface area contributed by atoms with Gasteiger partial charge in [0.15, 0.2) is 16.8 Å². The van der Waals surface area contributed by atoms with E-state index in [2.05, 4.69) is 4.74 Å². The Morgan fingerprint density at radius 3 is 1.19 bits per heavy atom. The average Bonchev–Trinajstić information content (AvgIpc) is 3.93. The highest BCUT2D eigenvalue weighted by molar-refractivity contribution is 5.77. The van der Waals surface area contributed by atoms with Crippen LogP contribution in [-0.2, 0) is 39.8 Å². The van der Waals surface area contributed by atoms with Crippen LogP contribution in [0, 0.1) is 45.8 Å². The zero-order chi connectivity index (χ0) is 61.7. The van der Waals surface area contributed by atoms with Crippen molar-refractivity contribution in [1.82, 2.24) is 0 Å². The number of methoxy groups -OCH3 is 1. The van der Waals surface area contributed by atoms with E-state index in [4.69, 9.17) is 9.47 Å². The number of aliphatic hydroxyl groups is 3. The van der Waals surface area contributed by atoms with Gasteiger partial charge in [0.1, 0.15) is 0 Å². The maximum Gasteiger partial charge on any atom is 0.432 e. The molecule has 0 saturated heterocycles. The number of halogens is 15. The molecule has 0 aromatic heterocycles. The molecule has 3 aliphatic carbocycles. The van der Waals surface area contributed by atoms with Crippen molar-refractivity contribution in [3.05, 3.63) is 35.4 Å². The first-order valence-electron chi connectivity index (χ1n) is 25.8. The minimum atomic E-state index is -5.01. The van der Waals surface area contributed by atoms with E-state index in [9.17, 15) is 95.6 Å². The first-order valence-corrected chi connectivity index (χ1v) is 25.8. The number of ether oxygens (including phenoxy) is 3. The lowest BCUT2D eigenvalue weighted by atomic mass is 9.69. The zero-order valence-corrected chi connectivity index (χ0v) is 47.1. The summed E-state index contributed by atoms with van der Waals surface area (Å²) in [5.74, 6) is -3.44. The molecule has 78 heavy (non-hydrogen) atoms. The number of esters is 3. The number of carbonyl (C=O) groups is 3. The molecule has 0 heterocycles. The minimum Gasteiger partial charge on any atom is -0.469 e. The predicted molar refractivity (Wildman–Crippen MR) is 259 cm³/mol. The Morgan fingerprint density at radius 2 is 0.885 bits per heavy atom. The van der Waals surface area contributed by atoms with Gasteiger partial charge in [-0.2, -0.15) is 65.9 Å². The van der Waals surface area contributed by atoms with Gasteiger partial charge in [0.25, 0.3) is 0 Å². The standard InChI is InChI=1S/C18H28F6O3.C18H22F6O3.C11H17F3O.C7H14O2/c2*1-6-14(2,3)13(25)27-16(5,18(22,23)24)12-9-7-11(8-10-12)15(4,26)17(19,20)21;1-10(15,11(12,13)14)6-9-5-7-2-3-8(9)4-7;1-5-7(2,3)6(8)9-4/h11-12,26H,6-10H2,1-5H3;7-10,26H,6H2,1-5H3;7-9,15H,2-6H2,1H3;5H2,1-4H3. The van der Waals surface area contributed by atoms with E-state index in [0.717, 1.165) is 63.8 Å². The molecule has 4 rings (SSSR count). The number of hydrogen-bond acceptors (Lipinski definition) is 9. The summed E-state index contributed by atoms with van der Waals surface area (Å²) in [6.45, 7) is 18.2. The van der Waals surface area contributed by atoms with Gasteiger partial charge in [-0.3, -0.25) is 14.4 Å². The van der Waals surface area contributed by atoms with Crippen LogP contribution in [0.4, 0.5) is 65.9 Å². The Kier molecular flexibility index (Phi) is 23.5. The second-order valence-corrected chi connectivity index (χ2v) is 23.9. The number of fused-ring (bicyclic) bond motifs is 2. The average molecular weight is 1160 g/mol. The van der Waals surface area contributed by atoms with E-state index in [1.807, 2.05) is 20.8 Å². The van der Waals surface area contributed by atoms with Crippen molar-refractivity contribution in [3.8, 4) is 0 Å². The quantitative estimate of drug-likeness (QED) is 0.0944. The van der Waals surface area contributed by atoms with Crippen molar-refractivity contribution in [2.24, 2.45) is 45.8 Å². The van der Waals surface area contributed by atoms with E-state index in [1.54, 1.807) is 13.8 Å². The number of benzene rings is 1. The van der Waals surface area contributed by atoms with Crippen LogP contribution in [-0.4, -0.2) is 88.0 Å².